The largest absolute Gasteiger partial charge is 0.507 e. The number of phenolic OH excluding ortho intramolecular Hbond substituents is 3. The van der Waals surface area contributed by atoms with E-state index in [-0.39, 0.29) is 17.2 Å². The molecule has 0 atom stereocenters. The SMILES string of the molecule is COC(OC)c1cccc(C=NCCN(CCN=Cc2cccc(C(OC)OC)c2O)CCN=Cc2cccc(C(OC)OC)c2O)c1O. The molecule has 0 unspecified atom stereocenters. The second-order valence-corrected chi connectivity index (χ2v) is 10.7. The highest BCUT2D eigenvalue weighted by Gasteiger charge is 2.18. The van der Waals surface area contributed by atoms with Gasteiger partial charge >= 0.3 is 0 Å². The summed E-state index contributed by atoms with van der Waals surface area (Å²) in [6.45, 7) is 3.13. The van der Waals surface area contributed by atoms with Gasteiger partial charge < -0.3 is 43.7 Å². The Balaban J connectivity index is 1.70. The maximum Gasteiger partial charge on any atom is 0.186 e. The minimum Gasteiger partial charge on any atom is -0.507 e. The summed E-state index contributed by atoms with van der Waals surface area (Å²) in [5.41, 5.74) is 3.19. The van der Waals surface area contributed by atoms with Crippen molar-refractivity contribution in [1.82, 2.24) is 4.90 Å². The summed E-state index contributed by atoms with van der Waals surface area (Å²) >= 11 is 0. The Labute approximate surface area is 288 Å². The molecule has 0 radical (unpaired) electrons. The molecule has 0 aliphatic rings. The quantitative estimate of drug-likeness (QED) is 0.107. The van der Waals surface area contributed by atoms with Crippen LogP contribution >= 0.6 is 0 Å². The predicted molar refractivity (Wildman–Crippen MR) is 188 cm³/mol. The first-order valence-electron chi connectivity index (χ1n) is 15.7. The van der Waals surface area contributed by atoms with Gasteiger partial charge in [0.2, 0.25) is 0 Å². The first kappa shape index (κ1) is 39.2. The van der Waals surface area contributed by atoms with Crippen LogP contribution in [-0.2, 0) is 28.4 Å². The van der Waals surface area contributed by atoms with E-state index < -0.39 is 18.9 Å². The Morgan fingerprint density at radius 1 is 0.490 bits per heavy atom. The summed E-state index contributed by atoms with van der Waals surface area (Å²) < 4.78 is 31.7. The maximum absolute atomic E-state index is 10.7. The van der Waals surface area contributed by atoms with E-state index in [1.54, 1.807) is 73.2 Å². The Hall–Kier alpha value is -4.21. The summed E-state index contributed by atoms with van der Waals surface area (Å²) in [6.07, 6.45) is 2.80. The van der Waals surface area contributed by atoms with Gasteiger partial charge in [0.1, 0.15) is 17.2 Å². The third-order valence-corrected chi connectivity index (χ3v) is 7.67. The smallest absolute Gasteiger partial charge is 0.186 e. The summed E-state index contributed by atoms with van der Waals surface area (Å²) in [6, 6.07) is 15.9. The Bertz CT molecular complexity index is 1340. The number of nitrogens with zero attached hydrogens (tertiary/aromatic N) is 4. The Morgan fingerprint density at radius 2 is 0.755 bits per heavy atom. The molecule has 0 fully saturated rings. The monoisotopic (exact) mass is 680 g/mol. The van der Waals surface area contributed by atoms with Crippen LogP contribution < -0.4 is 0 Å². The average Bonchev–Trinajstić information content (AvgIpc) is 3.11. The van der Waals surface area contributed by atoms with Crippen molar-refractivity contribution in [2.75, 3.05) is 81.9 Å². The lowest BCUT2D eigenvalue weighted by Gasteiger charge is -2.19. The van der Waals surface area contributed by atoms with Crippen molar-refractivity contribution in [2.24, 2.45) is 15.0 Å². The molecule has 0 amide bonds. The van der Waals surface area contributed by atoms with Gasteiger partial charge in [0.15, 0.2) is 18.9 Å². The van der Waals surface area contributed by atoms with E-state index in [4.69, 9.17) is 28.4 Å². The molecule has 13 heteroatoms. The molecule has 0 saturated heterocycles. The third kappa shape index (κ3) is 11.2. The highest BCUT2D eigenvalue weighted by Crippen LogP contribution is 2.31. The Kier molecular flexibility index (Phi) is 16.8. The van der Waals surface area contributed by atoms with E-state index in [0.717, 1.165) is 0 Å². The van der Waals surface area contributed by atoms with Gasteiger partial charge in [0, 0.05) is 97.6 Å². The van der Waals surface area contributed by atoms with Crippen LogP contribution in [0.1, 0.15) is 52.3 Å². The van der Waals surface area contributed by atoms with Crippen LogP contribution in [0.3, 0.4) is 0 Å². The molecule has 3 aromatic carbocycles. The molecule has 266 valence electrons. The highest BCUT2D eigenvalue weighted by molar-refractivity contribution is 5.85. The fraction of sp³-hybridized carbons (Fsp3) is 0.417. The van der Waals surface area contributed by atoms with Gasteiger partial charge in [-0.25, -0.2) is 0 Å². The van der Waals surface area contributed by atoms with Gasteiger partial charge in [-0.05, 0) is 18.2 Å². The van der Waals surface area contributed by atoms with Crippen LogP contribution in [0.5, 0.6) is 17.2 Å². The van der Waals surface area contributed by atoms with E-state index in [9.17, 15) is 15.3 Å². The van der Waals surface area contributed by atoms with Gasteiger partial charge in [0.25, 0.3) is 0 Å². The van der Waals surface area contributed by atoms with Crippen molar-refractivity contribution < 1.29 is 43.7 Å². The number of rotatable bonds is 21. The van der Waals surface area contributed by atoms with Gasteiger partial charge in [-0.1, -0.05) is 36.4 Å². The average molecular weight is 681 g/mol. The number of ether oxygens (including phenoxy) is 6. The molecule has 0 heterocycles. The predicted octanol–water partition coefficient (Wildman–Crippen LogP) is 4.64. The summed E-state index contributed by atoms with van der Waals surface area (Å²) in [5, 5.41) is 32.2. The van der Waals surface area contributed by atoms with Crippen LogP contribution in [0, 0.1) is 0 Å². The molecule has 0 spiro atoms. The number of para-hydroxylation sites is 3. The number of benzene rings is 3. The van der Waals surface area contributed by atoms with Crippen molar-refractivity contribution >= 4 is 18.6 Å². The van der Waals surface area contributed by atoms with Crippen molar-refractivity contribution in [3.8, 4) is 17.2 Å². The zero-order chi connectivity index (χ0) is 35.6. The van der Waals surface area contributed by atoms with Crippen LogP contribution in [0.4, 0.5) is 0 Å². The van der Waals surface area contributed by atoms with E-state index in [0.29, 0.717) is 72.6 Å². The number of hydrogen-bond donors (Lipinski definition) is 3. The van der Waals surface area contributed by atoms with Gasteiger partial charge in [-0.3, -0.25) is 19.9 Å². The lowest BCUT2D eigenvalue weighted by Crippen LogP contribution is -2.31. The highest BCUT2D eigenvalue weighted by atomic mass is 16.7. The lowest BCUT2D eigenvalue weighted by molar-refractivity contribution is -0.107. The van der Waals surface area contributed by atoms with Crippen molar-refractivity contribution in [2.45, 2.75) is 18.9 Å². The molecule has 0 bridgehead atoms. The van der Waals surface area contributed by atoms with Crippen LogP contribution in [0.2, 0.25) is 0 Å². The van der Waals surface area contributed by atoms with Crippen LogP contribution in [-0.4, -0.2) is 121 Å². The Morgan fingerprint density at radius 3 is 1.00 bits per heavy atom. The van der Waals surface area contributed by atoms with Gasteiger partial charge in [-0.2, -0.15) is 0 Å². The zero-order valence-corrected chi connectivity index (χ0v) is 29.0. The third-order valence-electron chi connectivity index (χ3n) is 7.67. The number of aromatic hydroxyl groups is 3. The summed E-state index contributed by atoms with van der Waals surface area (Å²) in [7, 11) is 9.04. The van der Waals surface area contributed by atoms with Crippen molar-refractivity contribution in [3.05, 3.63) is 88.0 Å². The first-order chi connectivity index (χ1) is 23.8. The van der Waals surface area contributed by atoms with Crippen molar-refractivity contribution in [3.63, 3.8) is 0 Å². The second-order valence-electron chi connectivity index (χ2n) is 10.7. The topological polar surface area (TPSA) is 156 Å². The maximum atomic E-state index is 10.7. The van der Waals surface area contributed by atoms with Crippen LogP contribution in [0.25, 0.3) is 0 Å². The molecule has 3 rings (SSSR count). The van der Waals surface area contributed by atoms with E-state index in [1.165, 1.54) is 42.7 Å². The number of hydrogen-bond acceptors (Lipinski definition) is 13. The number of aliphatic imine (C=N–C) groups is 3. The summed E-state index contributed by atoms with van der Waals surface area (Å²) in [5.74, 6) is 0.138. The van der Waals surface area contributed by atoms with Crippen molar-refractivity contribution in [1.29, 1.82) is 0 Å². The molecule has 0 saturated carbocycles. The molecule has 0 aromatic heterocycles. The molecule has 3 aromatic rings. The van der Waals surface area contributed by atoms with Crippen LogP contribution in [0.15, 0.2) is 69.6 Å². The minimum atomic E-state index is -0.693. The normalized spacial score (nSPS) is 12.4. The lowest BCUT2D eigenvalue weighted by atomic mass is 10.1. The van der Waals surface area contributed by atoms with Gasteiger partial charge in [-0.15, -0.1) is 0 Å². The molecule has 0 aliphatic heterocycles. The fourth-order valence-electron chi connectivity index (χ4n) is 5.10. The second kappa shape index (κ2) is 21.0. The molecule has 13 nitrogen and oxygen atoms in total. The molecule has 49 heavy (non-hydrogen) atoms. The van der Waals surface area contributed by atoms with E-state index in [2.05, 4.69) is 19.9 Å². The zero-order valence-electron chi connectivity index (χ0n) is 29.0. The minimum absolute atomic E-state index is 0.0461. The number of methoxy groups -OCH3 is 6. The van der Waals surface area contributed by atoms with E-state index >= 15 is 0 Å². The molecular weight excluding hydrogens is 632 g/mol. The van der Waals surface area contributed by atoms with Gasteiger partial charge in [0.05, 0.1) is 36.3 Å². The molecular formula is C36H48N4O9. The van der Waals surface area contributed by atoms with E-state index in [1.807, 2.05) is 0 Å². The molecule has 0 aliphatic carbocycles. The standard InChI is InChI=1S/C36H48N4O9/c1-44-34(45-2)28-13-7-10-25(31(28)41)22-37-16-19-40(20-17-38-23-26-11-8-14-29(32(26)42)35(46-3)47-4)21-18-39-24-27-12-9-15-30(33(27)43)36(48-5)49-6/h7-15,22-24,34-36,41-43H,16-21H2,1-6H3. The first-order valence-corrected chi connectivity index (χ1v) is 15.7. The molecule has 3 N–H and O–H groups in total. The number of phenols is 3. The summed E-state index contributed by atoms with van der Waals surface area (Å²) in [4.78, 5) is 15.8. The fourth-order valence-corrected chi connectivity index (χ4v) is 5.10.